The van der Waals surface area contributed by atoms with E-state index in [1.54, 1.807) is 12.1 Å². The highest BCUT2D eigenvalue weighted by atomic mass is 16.2. The number of piperidine rings is 1. The van der Waals surface area contributed by atoms with Gasteiger partial charge in [0.1, 0.15) is 6.04 Å². The van der Waals surface area contributed by atoms with Crippen LogP contribution in [0.2, 0.25) is 0 Å². The summed E-state index contributed by atoms with van der Waals surface area (Å²) in [4.78, 5) is 25.6. The Morgan fingerprint density at radius 3 is 2.35 bits per heavy atom. The first-order valence-corrected chi connectivity index (χ1v) is 9.07. The van der Waals surface area contributed by atoms with Gasteiger partial charge in [-0.15, -0.1) is 0 Å². The van der Waals surface area contributed by atoms with Crippen molar-refractivity contribution in [1.29, 1.82) is 0 Å². The van der Waals surface area contributed by atoms with Gasteiger partial charge in [0.05, 0.1) is 0 Å². The SMILES string of the molecule is CC1CNCCC1NC(=O)C(NC(=O)c1ccccc1)c1ccccc1. The normalized spacial score (nSPS) is 20.8. The third-order valence-electron chi connectivity index (χ3n) is 4.82. The maximum Gasteiger partial charge on any atom is 0.252 e. The van der Waals surface area contributed by atoms with E-state index < -0.39 is 6.04 Å². The van der Waals surface area contributed by atoms with Gasteiger partial charge >= 0.3 is 0 Å². The molecule has 0 saturated carbocycles. The topological polar surface area (TPSA) is 70.2 Å². The lowest BCUT2D eigenvalue weighted by atomic mass is 9.94. The fourth-order valence-electron chi connectivity index (χ4n) is 3.24. The predicted molar refractivity (Wildman–Crippen MR) is 102 cm³/mol. The number of benzene rings is 2. The summed E-state index contributed by atoms with van der Waals surface area (Å²) in [7, 11) is 0. The fourth-order valence-corrected chi connectivity index (χ4v) is 3.24. The molecule has 1 aliphatic rings. The Bertz CT molecular complexity index is 733. The van der Waals surface area contributed by atoms with Crippen molar-refractivity contribution >= 4 is 11.8 Å². The van der Waals surface area contributed by atoms with Crippen LogP contribution in [0.15, 0.2) is 60.7 Å². The van der Waals surface area contributed by atoms with E-state index in [0.717, 1.165) is 25.1 Å². The Morgan fingerprint density at radius 1 is 1.04 bits per heavy atom. The van der Waals surface area contributed by atoms with Crippen molar-refractivity contribution in [3.63, 3.8) is 0 Å². The molecule has 2 aromatic carbocycles. The van der Waals surface area contributed by atoms with Gasteiger partial charge < -0.3 is 16.0 Å². The molecular formula is C21H25N3O2. The van der Waals surface area contributed by atoms with Crippen LogP contribution < -0.4 is 16.0 Å². The molecule has 1 aliphatic heterocycles. The van der Waals surface area contributed by atoms with Crippen molar-refractivity contribution in [3.8, 4) is 0 Å². The molecule has 0 aliphatic carbocycles. The van der Waals surface area contributed by atoms with Crippen molar-refractivity contribution in [2.75, 3.05) is 13.1 Å². The number of amides is 2. The van der Waals surface area contributed by atoms with E-state index in [0.29, 0.717) is 11.5 Å². The first-order valence-electron chi connectivity index (χ1n) is 9.07. The molecule has 3 N–H and O–H groups in total. The van der Waals surface area contributed by atoms with Crippen LogP contribution in [-0.2, 0) is 4.79 Å². The number of nitrogens with one attached hydrogen (secondary N) is 3. The summed E-state index contributed by atoms with van der Waals surface area (Å²) >= 11 is 0. The molecule has 26 heavy (non-hydrogen) atoms. The lowest BCUT2D eigenvalue weighted by Gasteiger charge is -2.31. The zero-order valence-corrected chi connectivity index (χ0v) is 14.9. The van der Waals surface area contributed by atoms with Crippen LogP contribution in [-0.4, -0.2) is 30.9 Å². The summed E-state index contributed by atoms with van der Waals surface area (Å²) < 4.78 is 0. The molecule has 5 nitrogen and oxygen atoms in total. The molecule has 1 saturated heterocycles. The first kappa shape index (κ1) is 18.1. The number of carbonyl (C=O) groups is 2. The number of hydrogen-bond acceptors (Lipinski definition) is 3. The van der Waals surface area contributed by atoms with Crippen LogP contribution in [0, 0.1) is 5.92 Å². The zero-order chi connectivity index (χ0) is 18.4. The first-order chi connectivity index (χ1) is 12.6. The lowest BCUT2D eigenvalue weighted by molar-refractivity contribution is -0.124. The Morgan fingerprint density at radius 2 is 1.69 bits per heavy atom. The molecule has 0 radical (unpaired) electrons. The van der Waals surface area contributed by atoms with Gasteiger partial charge in [0.15, 0.2) is 0 Å². The van der Waals surface area contributed by atoms with Crippen molar-refractivity contribution < 1.29 is 9.59 Å². The highest BCUT2D eigenvalue weighted by Gasteiger charge is 2.28. The molecule has 1 heterocycles. The van der Waals surface area contributed by atoms with E-state index >= 15 is 0 Å². The average Bonchev–Trinajstić information content (AvgIpc) is 2.69. The van der Waals surface area contributed by atoms with E-state index in [2.05, 4.69) is 22.9 Å². The van der Waals surface area contributed by atoms with Crippen LogP contribution in [0.5, 0.6) is 0 Å². The van der Waals surface area contributed by atoms with Crippen LogP contribution >= 0.6 is 0 Å². The maximum atomic E-state index is 13.0. The van der Waals surface area contributed by atoms with Crippen LogP contribution in [0.4, 0.5) is 0 Å². The van der Waals surface area contributed by atoms with Gasteiger partial charge in [-0.2, -0.15) is 0 Å². The van der Waals surface area contributed by atoms with Crippen LogP contribution in [0.3, 0.4) is 0 Å². The fraction of sp³-hybridized carbons (Fsp3) is 0.333. The van der Waals surface area contributed by atoms with Gasteiger partial charge in [-0.25, -0.2) is 0 Å². The van der Waals surface area contributed by atoms with Crippen molar-refractivity contribution in [2.45, 2.75) is 25.4 Å². The maximum absolute atomic E-state index is 13.0. The highest BCUT2D eigenvalue weighted by molar-refractivity contribution is 5.97. The third-order valence-corrected chi connectivity index (χ3v) is 4.82. The molecule has 1 fully saturated rings. The van der Waals surface area contributed by atoms with Gasteiger partial charge in [0.25, 0.3) is 5.91 Å². The Balaban J connectivity index is 1.77. The second kappa shape index (κ2) is 8.63. The summed E-state index contributed by atoms with van der Waals surface area (Å²) in [6.45, 7) is 3.90. The zero-order valence-electron chi connectivity index (χ0n) is 14.9. The van der Waals surface area contributed by atoms with Gasteiger partial charge in [0.2, 0.25) is 5.91 Å². The van der Waals surface area contributed by atoms with Crippen LogP contribution in [0.25, 0.3) is 0 Å². The highest BCUT2D eigenvalue weighted by Crippen LogP contribution is 2.17. The minimum Gasteiger partial charge on any atom is -0.351 e. The van der Waals surface area contributed by atoms with Gasteiger partial charge in [-0.3, -0.25) is 9.59 Å². The van der Waals surface area contributed by atoms with Crippen molar-refractivity contribution in [2.24, 2.45) is 5.92 Å². The van der Waals surface area contributed by atoms with E-state index in [4.69, 9.17) is 0 Å². The van der Waals surface area contributed by atoms with E-state index in [1.807, 2.05) is 48.5 Å². The molecule has 3 atom stereocenters. The largest absolute Gasteiger partial charge is 0.351 e. The minimum atomic E-state index is -0.717. The summed E-state index contributed by atoms with van der Waals surface area (Å²) in [5, 5.41) is 9.35. The van der Waals surface area contributed by atoms with Gasteiger partial charge in [-0.05, 0) is 43.1 Å². The number of rotatable bonds is 5. The molecular weight excluding hydrogens is 326 g/mol. The number of carbonyl (C=O) groups excluding carboxylic acids is 2. The summed E-state index contributed by atoms with van der Waals surface area (Å²) in [5.41, 5.74) is 1.31. The molecule has 136 valence electrons. The van der Waals surface area contributed by atoms with E-state index in [-0.39, 0.29) is 17.9 Å². The molecule has 0 bridgehead atoms. The van der Waals surface area contributed by atoms with E-state index in [9.17, 15) is 9.59 Å². The van der Waals surface area contributed by atoms with Crippen molar-refractivity contribution in [3.05, 3.63) is 71.8 Å². The number of hydrogen-bond donors (Lipinski definition) is 3. The molecule has 3 unspecified atom stereocenters. The Kier molecular flexibility index (Phi) is 6.02. The lowest BCUT2D eigenvalue weighted by Crippen LogP contribution is -2.51. The summed E-state index contributed by atoms with van der Waals surface area (Å²) in [6, 6.07) is 17.7. The quantitative estimate of drug-likeness (QED) is 0.774. The molecule has 3 rings (SSSR count). The Hall–Kier alpha value is -2.66. The summed E-state index contributed by atoms with van der Waals surface area (Å²) in [6.07, 6.45) is 0.890. The standard InChI is InChI=1S/C21H25N3O2/c1-15-14-22-13-12-18(15)23-21(26)19(16-8-4-2-5-9-16)24-20(25)17-10-6-3-7-11-17/h2-11,15,18-19,22H,12-14H2,1H3,(H,23,26)(H,24,25). The average molecular weight is 351 g/mol. The second-order valence-corrected chi connectivity index (χ2v) is 6.77. The monoisotopic (exact) mass is 351 g/mol. The Labute approximate surface area is 154 Å². The second-order valence-electron chi connectivity index (χ2n) is 6.77. The molecule has 2 amide bonds. The molecule has 2 aromatic rings. The van der Waals surface area contributed by atoms with Gasteiger partial charge in [0, 0.05) is 11.6 Å². The van der Waals surface area contributed by atoms with Crippen molar-refractivity contribution in [1.82, 2.24) is 16.0 Å². The predicted octanol–water partition coefficient (Wildman–Crippen LogP) is 2.27. The minimum absolute atomic E-state index is 0.114. The smallest absolute Gasteiger partial charge is 0.252 e. The molecule has 5 heteroatoms. The van der Waals surface area contributed by atoms with Crippen LogP contribution in [0.1, 0.15) is 35.3 Å². The molecule has 0 spiro atoms. The van der Waals surface area contributed by atoms with Gasteiger partial charge in [-0.1, -0.05) is 55.5 Å². The molecule has 0 aromatic heterocycles. The summed E-state index contributed by atoms with van der Waals surface area (Å²) in [5.74, 6) is -0.0684. The van der Waals surface area contributed by atoms with E-state index in [1.165, 1.54) is 0 Å². The third kappa shape index (κ3) is 4.49.